The van der Waals surface area contributed by atoms with Crippen LogP contribution in [0.2, 0.25) is 0 Å². The summed E-state index contributed by atoms with van der Waals surface area (Å²) in [6, 6.07) is 0. The van der Waals surface area contributed by atoms with Gasteiger partial charge in [0.1, 0.15) is 0 Å². The Kier molecular flexibility index (Phi) is 4.72. The summed E-state index contributed by atoms with van der Waals surface area (Å²) in [5, 5.41) is 1.13. The van der Waals surface area contributed by atoms with Crippen LogP contribution in [0.25, 0.3) is 0 Å². The molecule has 0 aromatic rings. The van der Waals surface area contributed by atoms with E-state index in [0.717, 1.165) is 17.9 Å². The molecule has 2 unspecified atom stereocenters. The summed E-state index contributed by atoms with van der Waals surface area (Å²) in [7, 11) is 0. The molecule has 0 radical (unpaired) electrons. The number of rotatable bonds is 5. The van der Waals surface area contributed by atoms with Gasteiger partial charge in [-0.15, -0.1) is 0 Å². The molecule has 2 aliphatic carbocycles. The summed E-state index contributed by atoms with van der Waals surface area (Å²) < 4.78 is 6.25. The van der Waals surface area contributed by atoms with E-state index < -0.39 is 0 Å². The Balaban J connectivity index is 1.79. The Morgan fingerprint density at radius 3 is 2.50 bits per heavy atom. The zero-order valence-electron chi connectivity index (χ0n) is 10.5. The van der Waals surface area contributed by atoms with Gasteiger partial charge in [0.05, 0.1) is 12.7 Å². The number of hydrogen-bond donors (Lipinski definition) is 0. The highest BCUT2D eigenvalue weighted by atomic mass is 79.9. The fraction of sp³-hybridized carbons (Fsp3) is 1.00. The fourth-order valence-corrected chi connectivity index (χ4v) is 3.86. The van der Waals surface area contributed by atoms with Crippen LogP contribution in [0.1, 0.15) is 58.3 Å². The maximum atomic E-state index is 6.25. The van der Waals surface area contributed by atoms with E-state index in [9.17, 15) is 0 Å². The number of alkyl halides is 1. The normalized spacial score (nSPS) is 33.4. The molecule has 0 spiro atoms. The molecule has 0 aromatic carbocycles. The van der Waals surface area contributed by atoms with Crippen molar-refractivity contribution in [1.82, 2.24) is 0 Å². The highest BCUT2D eigenvalue weighted by Crippen LogP contribution is 2.43. The first kappa shape index (κ1) is 12.9. The van der Waals surface area contributed by atoms with Gasteiger partial charge in [-0.3, -0.25) is 0 Å². The van der Waals surface area contributed by atoms with Crippen molar-refractivity contribution in [1.29, 1.82) is 0 Å². The van der Waals surface area contributed by atoms with E-state index in [4.69, 9.17) is 4.74 Å². The highest BCUT2D eigenvalue weighted by Gasteiger charge is 2.37. The third kappa shape index (κ3) is 2.81. The zero-order valence-corrected chi connectivity index (χ0v) is 12.1. The van der Waals surface area contributed by atoms with E-state index >= 15 is 0 Å². The molecule has 0 N–H and O–H groups in total. The van der Waals surface area contributed by atoms with Crippen LogP contribution >= 0.6 is 15.9 Å². The first-order valence-electron chi connectivity index (χ1n) is 6.97. The molecule has 2 fully saturated rings. The standard InChI is InChI=1S/C14H25BrO/c1-2-12-6-3-4-7-13(12)16-11-14(10-15)8-5-9-14/h12-13H,2-11H2,1H3. The molecule has 0 amide bonds. The quantitative estimate of drug-likeness (QED) is 0.675. The van der Waals surface area contributed by atoms with Gasteiger partial charge in [0.15, 0.2) is 0 Å². The second-order valence-electron chi connectivity index (χ2n) is 5.79. The molecule has 1 nitrogen and oxygen atoms in total. The first-order valence-corrected chi connectivity index (χ1v) is 8.09. The summed E-state index contributed by atoms with van der Waals surface area (Å²) in [5.74, 6) is 0.834. The van der Waals surface area contributed by atoms with Gasteiger partial charge in [-0.1, -0.05) is 48.5 Å². The van der Waals surface area contributed by atoms with Gasteiger partial charge in [0.25, 0.3) is 0 Å². The van der Waals surface area contributed by atoms with Crippen molar-refractivity contribution in [3.8, 4) is 0 Å². The lowest BCUT2D eigenvalue weighted by atomic mass is 9.71. The monoisotopic (exact) mass is 288 g/mol. The van der Waals surface area contributed by atoms with Crippen molar-refractivity contribution in [3.05, 3.63) is 0 Å². The van der Waals surface area contributed by atoms with Crippen LogP contribution in [0.15, 0.2) is 0 Å². The molecule has 0 bridgehead atoms. The molecule has 2 atom stereocenters. The Bertz CT molecular complexity index is 207. The maximum Gasteiger partial charge on any atom is 0.0603 e. The smallest absolute Gasteiger partial charge is 0.0603 e. The van der Waals surface area contributed by atoms with E-state index in [0.29, 0.717) is 11.5 Å². The minimum absolute atomic E-state index is 0.496. The number of halogens is 1. The van der Waals surface area contributed by atoms with Gasteiger partial charge in [0, 0.05) is 10.7 Å². The van der Waals surface area contributed by atoms with Gasteiger partial charge in [-0.25, -0.2) is 0 Å². The second kappa shape index (κ2) is 5.86. The molecule has 2 saturated carbocycles. The van der Waals surface area contributed by atoms with Gasteiger partial charge in [0.2, 0.25) is 0 Å². The Morgan fingerprint density at radius 2 is 1.94 bits per heavy atom. The maximum absolute atomic E-state index is 6.25. The molecule has 2 rings (SSSR count). The van der Waals surface area contributed by atoms with Crippen molar-refractivity contribution >= 4 is 15.9 Å². The van der Waals surface area contributed by atoms with Crippen LogP contribution in [0, 0.1) is 11.3 Å². The lowest BCUT2D eigenvalue weighted by Gasteiger charge is -2.42. The van der Waals surface area contributed by atoms with Crippen molar-refractivity contribution in [2.45, 2.75) is 64.4 Å². The van der Waals surface area contributed by atoms with Crippen LogP contribution in [-0.2, 0) is 4.74 Å². The van der Waals surface area contributed by atoms with Crippen LogP contribution in [0.5, 0.6) is 0 Å². The van der Waals surface area contributed by atoms with Crippen molar-refractivity contribution < 1.29 is 4.74 Å². The fourth-order valence-electron chi connectivity index (χ4n) is 3.14. The van der Waals surface area contributed by atoms with E-state index in [-0.39, 0.29) is 0 Å². The SMILES string of the molecule is CCC1CCCCC1OCC1(CBr)CCC1. The lowest BCUT2D eigenvalue weighted by molar-refractivity contribution is -0.0685. The van der Waals surface area contributed by atoms with Crippen LogP contribution in [0.3, 0.4) is 0 Å². The largest absolute Gasteiger partial charge is 0.377 e. The minimum atomic E-state index is 0.496. The first-order chi connectivity index (χ1) is 7.79. The van der Waals surface area contributed by atoms with Gasteiger partial charge >= 0.3 is 0 Å². The molecule has 0 aromatic heterocycles. The van der Waals surface area contributed by atoms with Crippen molar-refractivity contribution in [2.24, 2.45) is 11.3 Å². The Morgan fingerprint density at radius 1 is 1.19 bits per heavy atom. The molecule has 2 heteroatoms. The van der Waals surface area contributed by atoms with Crippen LogP contribution in [0.4, 0.5) is 0 Å². The predicted octanol–water partition coefficient (Wildman–Crippen LogP) is 4.54. The van der Waals surface area contributed by atoms with Crippen molar-refractivity contribution in [2.75, 3.05) is 11.9 Å². The van der Waals surface area contributed by atoms with E-state index in [2.05, 4.69) is 22.9 Å². The van der Waals surface area contributed by atoms with Gasteiger partial charge in [-0.2, -0.15) is 0 Å². The Labute approximate surface area is 108 Å². The Hall–Kier alpha value is 0.440. The molecule has 94 valence electrons. The predicted molar refractivity (Wildman–Crippen MR) is 72.1 cm³/mol. The third-order valence-electron chi connectivity index (χ3n) is 4.67. The average Bonchev–Trinajstić information content (AvgIpc) is 2.29. The molecule has 2 aliphatic rings. The molecule has 0 saturated heterocycles. The summed E-state index contributed by atoms with van der Waals surface area (Å²) in [5.41, 5.74) is 0.496. The summed E-state index contributed by atoms with van der Waals surface area (Å²) in [6.07, 6.45) is 11.5. The van der Waals surface area contributed by atoms with Crippen LogP contribution in [-0.4, -0.2) is 18.0 Å². The number of hydrogen-bond acceptors (Lipinski definition) is 1. The molecule has 0 aliphatic heterocycles. The second-order valence-corrected chi connectivity index (χ2v) is 6.35. The molecule has 16 heavy (non-hydrogen) atoms. The lowest BCUT2D eigenvalue weighted by Crippen LogP contribution is -2.39. The van der Waals surface area contributed by atoms with Gasteiger partial charge in [-0.05, 0) is 31.6 Å². The summed E-state index contributed by atoms with van der Waals surface area (Å²) >= 11 is 3.66. The van der Waals surface area contributed by atoms with E-state index in [1.54, 1.807) is 0 Å². The van der Waals surface area contributed by atoms with Crippen LogP contribution < -0.4 is 0 Å². The highest BCUT2D eigenvalue weighted by molar-refractivity contribution is 9.09. The zero-order chi connectivity index (χ0) is 11.4. The molecule has 0 heterocycles. The third-order valence-corrected chi connectivity index (χ3v) is 5.85. The minimum Gasteiger partial charge on any atom is -0.377 e. The number of ether oxygens (including phenoxy) is 1. The van der Waals surface area contributed by atoms with Crippen molar-refractivity contribution in [3.63, 3.8) is 0 Å². The molecular weight excluding hydrogens is 264 g/mol. The molecular formula is C14H25BrO. The summed E-state index contributed by atoms with van der Waals surface area (Å²) in [6.45, 7) is 3.31. The summed E-state index contributed by atoms with van der Waals surface area (Å²) in [4.78, 5) is 0. The average molecular weight is 289 g/mol. The van der Waals surface area contributed by atoms with E-state index in [1.165, 1.54) is 51.4 Å². The van der Waals surface area contributed by atoms with E-state index in [1.807, 2.05) is 0 Å². The topological polar surface area (TPSA) is 9.23 Å². The van der Waals surface area contributed by atoms with Gasteiger partial charge < -0.3 is 4.74 Å².